The molecule has 1 amide bonds. The number of likely N-dealkylation sites (tertiary alicyclic amines) is 1. The largest absolute Gasteiger partial charge is 0.444 e. The molecule has 0 aliphatic carbocycles. The van der Waals surface area contributed by atoms with Gasteiger partial charge in [0.1, 0.15) is 11.2 Å². The molecule has 0 radical (unpaired) electrons. The molecule has 0 atom stereocenters. The van der Waals surface area contributed by atoms with Gasteiger partial charge in [-0.15, -0.1) is 0 Å². The predicted octanol–water partition coefficient (Wildman–Crippen LogP) is 4.05. The van der Waals surface area contributed by atoms with Crippen molar-refractivity contribution >= 4 is 38.6 Å². The number of carbonyl (C=O) groups excluding carboxylic acids is 1. The molecular formula is C20H23BrN4O3. The molecule has 4 rings (SSSR count). The first-order valence-electron chi connectivity index (χ1n) is 9.40. The molecule has 0 saturated carbocycles. The van der Waals surface area contributed by atoms with E-state index in [2.05, 4.69) is 20.9 Å². The minimum Gasteiger partial charge on any atom is -0.444 e. The lowest BCUT2D eigenvalue weighted by Gasteiger charge is -2.33. The highest BCUT2D eigenvalue weighted by Crippen LogP contribution is 2.30. The summed E-state index contributed by atoms with van der Waals surface area (Å²) in [4.78, 5) is 29.3. The number of benzene rings is 1. The van der Waals surface area contributed by atoms with Gasteiger partial charge in [0.25, 0.3) is 5.56 Å². The lowest BCUT2D eigenvalue weighted by molar-refractivity contribution is 0.0203. The number of H-pyrrole nitrogens is 1. The number of nitrogens with one attached hydrogen (secondary N) is 1. The van der Waals surface area contributed by atoms with Gasteiger partial charge in [-0.3, -0.25) is 4.79 Å². The number of hydrogen-bond donors (Lipinski definition) is 1. The van der Waals surface area contributed by atoms with Crippen molar-refractivity contribution in [3.05, 3.63) is 44.8 Å². The highest BCUT2D eigenvalue weighted by molar-refractivity contribution is 9.10. The second-order valence-corrected chi connectivity index (χ2v) is 9.14. The Bertz CT molecular complexity index is 1100. The number of aromatic nitrogens is 3. The summed E-state index contributed by atoms with van der Waals surface area (Å²) in [6.07, 6.45) is 1.24. The molecule has 3 heterocycles. The summed E-state index contributed by atoms with van der Waals surface area (Å²) in [5, 5.41) is 5.60. The van der Waals surface area contributed by atoms with E-state index in [1.54, 1.807) is 11.0 Å². The zero-order chi connectivity index (χ0) is 20.1. The van der Waals surface area contributed by atoms with E-state index in [-0.39, 0.29) is 17.6 Å². The molecule has 1 aliphatic heterocycles. The zero-order valence-electron chi connectivity index (χ0n) is 16.2. The number of ether oxygens (including phenoxy) is 1. The van der Waals surface area contributed by atoms with Gasteiger partial charge in [0.05, 0.1) is 11.2 Å². The summed E-state index contributed by atoms with van der Waals surface area (Å²) < 4.78 is 8.25. The summed E-state index contributed by atoms with van der Waals surface area (Å²) in [7, 11) is 0. The molecule has 1 saturated heterocycles. The molecule has 1 fully saturated rings. The molecule has 0 spiro atoms. The minimum atomic E-state index is -0.504. The fraction of sp³-hybridized carbons (Fsp3) is 0.450. The van der Waals surface area contributed by atoms with Crippen LogP contribution in [0.5, 0.6) is 0 Å². The van der Waals surface area contributed by atoms with E-state index in [4.69, 9.17) is 9.84 Å². The predicted molar refractivity (Wildman–Crippen MR) is 111 cm³/mol. The fourth-order valence-corrected chi connectivity index (χ4v) is 4.05. The third-order valence-corrected chi connectivity index (χ3v) is 5.46. The zero-order valence-corrected chi connectivity index (χ0v) is 17.7. The Hall–Kier alpha value is -2.35. The Morgan fingerprint density at radius 1 is 1.25 bits per heavy atom. The maximum Gasteiger partial charge on any atom is 0.410 e. The van der Waals surface area contributed by atoms with Gasteiger partial charge in [0.15, 0.2) is 0 Å². The third kappa shape index (κ3) is 3.65. The Kier molecular flexibility index (Phi) is 4.69. The second kappa shape index (κ2) is 6.92. The molecule has 148 valence electrons. The van der Waals surface area contributed by atoms with Gasteiger partial charge in [-0.1, -0.05) is 15.9 Å². The molecule has 0 unspecified atom stereocenters. The second-order valence-electron chi connectivity index (χ2n) is 8.22. The van der Waals surface area contributed by atoms with Crippen LogP contribution in [0.4, 0.5) is 4.79 Å². The van der Waals surface area contributed by atoms with Gasteiger partial charge in [0.2, 0.25) is 0 Å². The van der Waals surface area contributed by atoms with Crippen LogP contribution >= 0.6 is 15.9 Å². The number of nitrogens with zero attached hydrogens (tertiary/aromatic N) is 3. The molecule has 1 aliphatic rings. The molecule has 2 aromatic heterocycles. The lowest BCUT2D eigenvalue weighted by atomic mass is 9.93. The number of hydrogen-bond acceptors (Lipinski definition) is 4. The van der Waals surface area contributed by atoms with Gasteiger partial charge in [-0.2, -0.15) is 5.10 Å². The number of piperidine rings is 1. The van der Waals surface area contributed by atoms with E-state index in [1.807, 2.05) is 43.5 Å². The Morgan fingerprint density at radius 3 is 2.64 bits per heavy atom. The van der Waals surface area contributed by atoms with E-state index in [0.717, 1.165) is 33.9 Å². The Labute approximate surface area is 170 Å². The fourth-order valence-electron chi connectivity index (χ4n) is 3.69. The first kappa shape index (κ1) is 19.0. The number of fused-ring (bicyclic) bond motifs is 3. The molecule has 28 heavy (non-hydrogen) atoms. The summed E-state index contributed by atoms with van der Waals surface area (Å²) in [5.41, 5.74) is 1.77. The van der Waals surface area contributed by atoms with E-state index < -0.39 is 5.60 Å². The van der Waals surface area contributed by atoms with E-state index >= 15 is 0 Å². The van der Waals surface area contributed by atoms with Crippen molar-refractivity contribution < 1.29 is 9.53 Å². The highest BCUT2D eigenvalue weighted by Gasteiger charge is 2.29. The van der Waals surface area contributed by atoms with Gasteiger partial charge in [-0.25, -0.2) is 9.31 Å². The van der Waals surface area contributed by atoms with Crippen LogP contribution in [0.2, 0.25) is 0 Å². The maximum absolute atomic E-state index is 12.3. The van der Waals surface area contributed by atoms with Gasteiger partial charge < -0.3 is 14.6 Å². The number of halogens is 1. The van der Waals surface area contributed by atoms with Crippen LogP contribution in [-0.2, 0) is 4.74 Å². The molecule has 8 heteroatoms. The molecule has 1 aromatic carbocycles. The van der Waals surface area contributed by atoms with Crippen molar-refractivity contribution in [1.82, 2.24) is 19.5 Å². The lowest BCUT2D eigenvalue weighted by Crippen LogP contribution is -2.41. The summed E-state index contributed by atoms with van der Waals surface area (Å²) >= 11 is 3.48. The summed E-state index contributed by atoms with van der Waals surface area (Å²) in [6.45, 7) is 6.79. The molecular weight excluding hydrogens is 424 g/mol. The standard InChI is InChI=1S/C20H23BrN4O3/c1-20(2,3)28-19(27)24-8-6-12(7-9-24)16-11-17(26)22-18-14-10-13(21)4-5-15(14)23-25(16)18/h4-5,10-12H,6-9H2,1-3H3,(H,22,26). The van der Waals surface area contributed by atoms with Gasteiger partial charge in [0, 0.05) is 34.9 Å². The van der Waals surface area contributed by atoms with Crippen molar-refractivity contribution in [3.8, 4) is 0 Å². The smallest absolute Gasteiger partial charge is 0.410 e. The monoisotopic (exact) mass is 446 g/mol. The van der Waals surface area contributed by atoms with Crippen molar-refractivity contribution in [1.29, 1.82) is 0 Å². The van der Waals surface area contributed by atoms with E-state index in [9.17, 15) is 9.59 Å². The van der Waals surface area contributed by atoms with E-state index in [1.165, 1.54) is 0 Å². The first-order chi connectivity index (χ1) is 13.2. The van der Waals surface area contributed by atoms with Gasteiger partial charge >= 0.3 is 6.09 Å². The quantitative estimate of drug-likeness (QED) is 0.611. The Morgan fingerprint density at radius 2 is 1.96 bits per heavy atom. The third-order valence-electron chi connectivity index (χ3n) is 4.96. The van der Waals surface area contributed by atoms with Crippen LogP contribution in [0.15, 0.2) is 33.5 Å². The van der Waals surface area contributed by atoms with E-state index in [0.29, 0.717) is 18.7 Å². The van der Waals surface area contributed by atoms with Crippen LogP contribution in [0, 0.1) is 0 Å². The number of aromatic amines is 1. The van der Waals surface area contributed by atoms with Crippen LogP contribution in [0.1, 0.15) is 45.2 Å². The van der Waals surface area contributed by atoms with Crippen LogP contribution < -0.4 is 5.56 Å². The number of rotatable bonds is 1. The summed E-state index contributed by atoms with van der Waals surface area (Å²) in [5.74, 6) is 0.154. The molecule has 1 N–H and O–H groups in total. The topological polar surface area (TPSA) is 79.7 Å². The Balaban J connectivity index is 1.63. The van der Waals surface area contributed by atoms with Crippen LogP contribution in [0.25, 0.3) is 16.6 Å². The minimum absolute atomic E-state index is 0.140. The van der Waals surface area contributed by atoms with Gasteiger partial charge in [-0.05, 0) is 51.8 Å². The van der Waals surface area contributed by atoms with Crippen molar-refractivity contribution in [3.63, 3.8) is 0 Å². The summed E-state index contributed by atoms with van der Waals surface area (Å²) in [6, 6.07) is 7.45. The highest BCUT2D eigenvalue weighted by atomic mass is 79.9. The normalized spacial score (nSPS) is 16.1. The average molecular weight is 447 g/mol. The van der Waals surface area contributed by atoms with Crippen molar-refractivity contribution in [2.45, 2.75) is 45.1 Å². The SMILES string of the molecule is CC(C)(C)OC(=O)N1CCC(c2cc(=O)[nH]c3c4cc(Br)ccc4nn23)CC1. The van der Waals surface area contributed by atoms with Crippen LogP contribution in [-0.4, -0.2) is 44.3 Å². The molecule has 3 aromatic rings. The maximum atomic E-state index is 12.3. The van der Waals surface area contributed by atoms with Crippen molar-refractivity contribution in [2.24, 2.45) is 0 Å². The van der Waals surface area contributed by atoms with Crippen molar-refractivity contribution in [2.75, 3.05) is 13.1 Å². The number of carbonyl (C=O) groups is 1. The average Bonchev–Trinajstić information content (AvgIpc) is 2.97. The number of amides is 1. The van der Waals surface area contributed by atoms with Crippen LogP contribution in [0.3, 0.4) is 0 Å². The molecule has 7 nitrogen and oxygen atoms in total. The molecule has 0 bridgehead atoms. The first-order valence-corrected chi connectivity index (χ1v) is 10.2.